The van der Waals surface area contributed by atoms with Gasteiger partial charge in [-0.25, -0.2) is 4.39 Å². The smallest absolute Gasteiger partial charge is 0.399 e. The van der Waals surface area contributed by atoms with Gasteiger partial charge in [0.2, 0.25) is 0 Å². The van der Waals surface area contributed by atoms with E-state index in [0.717, 1.165) is 16.7 Å². The highest BCUT2D eigenvalue weighted by Crippen LogP contribution is 2.36. The zero-order valence-electron chi connectivity index (χ0n) is 15.5. The molecule has 0 aliphatic carbocycles. The molecule has 0 radical (unpaired) electrons. The van der Waals surface area contributed by atoms with E-state index in [1.165, 1.54) is 6.07 Å². The zero-order valence-corrected chi connectivity index (χ0v) is 15.5. The first-order chi connectivity index (χ1) is 11.7. The van der Waals surface area contributed by atoms with Crippen molar-refractivity contribution >= 4 is 18.3 Å². The van der Waals surface area contributed by atoms with E-state index in [4.69, 9.17) is 9.31 Å². The molecule has 0 bridgehead atoms. The zero-order chi connectivity index (χ0) is 18.2. The summed E-state index contributed by atoms with van der Waals surface area (Å²) in [6.45, 7) is 10.6. The highest BCUT2D eigenvalue weighted by Gasteiger charge is 2.51. The van der Waals surface area contributed by atoms with E-state index in [1.54, 1.807) is 13.0 Å². The predicted molar refractivity (Wildman–Crippen MR) is 109 cm³/mol. The first-order valence-electron chi connectivity index (χ1n) is 8.62. The van der Waals surface area contributed by atoms with Crippen LogP contribution in [-0.4, -0.2) is 18.3 Å². The van der Waals surface area contributed by atoms with Crippen molar-refractivity contribution in [3.63, 3.8) is 0 Å². The quantitative estimate of drug-likeness (QED) is 0.786. The Kier molecular flexibility index (Phi) is 5.84. The lowest BCUT2D eigenvalue weighted by Gasteiger charge is -2.32. The fourth-order valence-corrected chi connectivity index (χ4v) is 2.76. The molecular formula is C21H31BFNO2. The molecule has 2 aromatic rings. The lowest BCUT2D eigenvalue weighted by Crippen LogP contribution is -2.41. The Morgan fingerprint density at radius 3 is 2.12 bits per heavy atom. The van der Waals surface area contributed by atoms with Crippen molar-refractivity contribution in [3.05, 3.63) is 59.4 Å². The standard InChI is InChI=1S/C20H25BFNO2.CH4.H2/c1-14-12-15(6-11-18(14)22)13-23-17-9-7-16(8-10-17)21-24-19(2,3)20(4,5)25-21;;/h6-12,23H,13H2,1-5H3;1H4;1H. The Hall–Kier alpha value is -1.85. The third-order valence-corrected chi connectivity index (χ3v) is 5.16. The fraction of sp³-hybridized carbons (Fsp3) is 0.429. The third kappa shape index (κ3) is 4.10. The Labute approximate surface area is 158 Å². The van der Waals surface area contributed by atoms with E-state index in [1.807, 2.05) is 58.0 Å². The van der Waals surface area contributed by atoms with Gasteiger partial charge in [0.05, 0.1) is 11.2 Å². The second-order valence-corrected chi connectivity index (χ2v) is 7.65. The van der Waals surface area contributed by atoms with Crippen LogP contribution in [0.5, 0.6) is 0 Å². The molecule has 3 nitrogen and oxygen atoms in total. The van der Waals surface area contributed by atoms with Crippen LogP contribution in [-0.2, 0) is 15.9 Å². The van der Waals surface area contributed by atoms with Gasteiger partial charge in [0.15, 0.2) is 0 Å². The molecular weight excluding hydrogens is 328 g/mol. The van der Waals surface area contributed by atoms with Crippen LogP contribution in [0.4, 0.5) is 10.1 Å². The summed E-state index contributed by atoms with van der Waals surface area (Å²) in [5.41, 5.74) is 3.04. The molecule has 1 aliphatic heterocycles. The number of rotatable bonds is 4. The topological polar surface area (TPSA) is 30.5 Å². The van der Waals surface area contributed by atoms with Crippen LogP contribution in [0.15, 0.2) is 42.5 Å². The second-order valence-electron chi connectivity index (χ2n) is 7.65. The molecule has 0 unspecified atom stereocenters. The van der Waals surface area contributed by atoms with Crippen LogP contribution in [0.2, 0.25) is 0 Å². The Morgan fingerprint density at radius 1 is 1.00 bits per heavy atom. The highest BCUT2D eigenvalue weighted by molar-refractivity contribution is 6.62. The molecule has 0 amide bonds. The van der Waals surface area contributed by atoms with E-state index in [9.17, 15) is 4.39 Å². The summed E-state index contributed by atoms with van der Waals surface area (Å²) < 4.78 is 25.5. The van der Waals surface area contributed by atoms with E-state index in [2.05, 4.69) is 5.32 Å². The van der Waals surface area contributed by atoms with Gasteiger partial charge in [0.1, 0.15) is 5.82 Å². The lowest BCUT2D eigenvalue weighted by molar-refractivity contribution is 0.00578. The first-order valence-corrected chi connectivity index (χ1v) is 8.62. The van der Waals surface area contributed by atoms with Crippen LogP contribution < -0.4 is 10.8 Å². The van der Waals surface area contributed by atoms with Crippen LogP contribution in [0.25, 0.3) is 0 Å². The number of hydrogen-bond acceptors (Lipinski definition) is 3. The molecule has 1 fully saturated rings. The number of benzene rings is 2. The summed E-state index contributed by atoms with van der Waals surface area (Å²) in [6.07, 6.45) is 0. The molecule has 26 heavy (non-hydrogen) atoms. The van der Waals surface area contributed by atoms with E-state index in [-0.39, 0.29) is 33.0 Å². The lowest BCUT2D eigenvalue weighted by atomic mass is 9.79. The number of aryl methyl sites for hydroxylation is 1. The normalized spacial score (nSPS) is 17.7. The molecule has 1 heterocycles. The SMILES string of the molecule is C.Cc1cc(CNc2ccc(B3OC(C)(C)C(C)(C)O3)cc2)ccc1F.[HH]. The minimum Gasteiger partial charge on any atom is -0.399 e. The van der Waals surface area contributed by atoms with Gasteiger partial charge >= 0.3 is 7.12 Å². The van der Waals surface area contributed by atoms with Crippen molar-refractivity contribution in [1.82, 2.24) is 0 Å². The average molecular weight is 359 g/mol. The molecule has 0 aromatic heterocycles. The molecule has 5 heteroatoms. The predicted octanol–water partition coefficient (Wildman–Crippen LogP) is 4.93. The number of nitrogens with one attached hydrogen (secondary N) is 1. The van der Waals surface area contributed by atoms with Crippen LogP contribution in [0.1, 0.15) is 47.7 Å². The van der Waals surface area contributed by atoms with Gasteiger partial charge in [0.25, 0.3) is 0 Å². The van der Waals surface area contributed by atoms with Crippen molar-refractivity contribution in [3.8, 4) is 0 Å². The Balaban J connectivity index is 0.00000182. The van der Waals surface area contributed by atoms with Gasteiger partial charge < -0.3 is 14.6 Å². The second kappa shape index (κ2) is 7.41. The molecule has 1 aliphatic rings. The van der Waals surface area contributed by atoms with Crippen molar-refractivity contribution in [2.45, 2.75) is 59.8 Å². The van der Waals surface area contributed by atoms with Crippen LogP contribution in [0.3, 0.4) is 0 Å². The Bertz CT molecular complexity index is 749. The summed E-state index contributed by atoms with van der Waals surface area (Å²) in [4.78, 5) is 0. The molecule has 0 spiro atoms. The van der Waals surface area contributed by atoms with Crippen LogP contribution >= 0.6 is 0 Å². The van der Waals surface area contributed by atoms with Gasteiger partial charge in [-0.15, -0.1) is 0 Å². The van der Waals surface area contributed by atoms with E-state index in [0.29, 0.717) is 12.1 Å². The fourth-order valence-electron chi connectivity index (χ4n) is 2.76. The first kappa shape index (κ1) is 20.5. The molecule has 3 rings (SSSR count). The van der Waals surface area contributed by atoms with Crippen molar-refractivity contribution in [2.24, 2.45) is 0 Å². The highest BCUT2D eigenvalue weighted by atomic mass is 19.1. The monoisotopic (exact) mass is 359 g/mol. The number of anilines is 1. The van der Waals surface area contributed by atoms with Gasteiger partial charge in [-0.1, -0.05) is 31.7 Å². The summed E-state index contributed by atoms with van der Waals surface area (Å²) in [5.74, 6) is -0.171. The van der Waals surface area contributed by atoms with E-state index < -0.39 is 0 Å². The average Bonchev–Trinajstić information content (AvgIpc) is 2.77. The van der Waals surface area contributed by atoms with Gasteiger partial charge in [-0.3, -0.25) is 0 Å². The summed E-state index contributed by atoms with van der Waals surface area (Å²) in [7, 11) is -0.348. The largest absolute Gasteiger partial charge is 0.494 e. The maximum Gasteiger partial charge on any atom is 0.494 e. The van der Waals surface area contributed by atoms with Crippen molar-refractivity contribution < 1.29 is 15.1 Å². The molecule has 2 aromatic carbocycles. The van der Waals surface area contributed by atoms with Gasteiger partial charge in [0, 0.05) is 13.7 Å². The van der Waals surface area contributed by atoms with Crippen LogP contribution in [0, 0.1) is 12.7 Å². The summed E-state index contributed by atoms with van der Waals surface area (Å²) in [6, 6.07) is 13.2. The van der Waals surface area contributed by atoms with Gasteiger partial charge in [-0.2, -0.15) is 0 Å². The number of halogens is 1. The molecule has 0 atom stereocenters. The summed E-state index contributed by atoms with van der Waals surface area (Å²) in [5, 5.41) is 3.35. The third-order valence-electron chi connectivity index (χ3n) is 5.16. The maximum absolute atomic E-state index is 13.3. The van der Waals surface area contributed by atoms with E-state index >= 15 is 0 Å². The molecule has 1 N–H and O–H groups in total. The van der Waals surface area contributed by atoms with Crippen molar-refractivity contribution in [1.29, 1.82) is 0 Å². The summed E-state index contributed by atoms with van der Waals surface area (Å²) >= 11 is 0. The molecule has 142 valence electrons. The molecule has 1 saturated heterocycles. The maximum atomic E-state index is 13.3. The molecule has 0 saturated carbocycles. The number of hydrogen-bond donors (Lipinski definition) is 1. The minimum absolute atomic E-state index is 0. The van der Waals surface area contributed by atoms with Gasteiger partial charge in [-0.05, 0) is 69.4 Å². The van der Waals surface area contributed by atoms with Crippen molar-refractivity contribution in [2.75, 3.05) is 5.32 Å². The minimum atomic E-state index is -0.348. The Morgan fingerprint density at radius 2 is 1.58 bits per heavy atom.